The molecular formula is C21H17ClN4O2. The fraction of sp³-hybridized carbons (Fsp3) is 0.190. The van der Waals surface area contributed by atoms with Gasteiger partial charge in [-0.1, -0.05) is 29.8 Å². The normalized spacial score (nSPS) is 14.0. The van der Waals surface area contributed by atoms with E-state index < -0.39 is 5.63 Å². The zero-order valence-corrected chi connectivity index (χ0v) is 15.8. The van der Waals surface area contributed by atoms with Gasteiger partial charge in [-0.3, -0.25) is 4.98 Å². The lowest BCUT2D eigenvalue weighted by Crippen LogP contribution is -2.47. The van der Waals surface area contributed by atoms with Crippen LogP contribution in [0.1, 0.15) is 5.56 Å². The first kappa shape index (κ1) is 18.1. The van der Waals surface area contributed by atoms with E-state index in [-0.39, 0.29) is 5.56 Å². The monoisotopic (exact) mass is 392 g/mol. The van der Waals surface area contributed by atoms with Crippen LogP contribution in [-0.2, 0) is 0 Å². The summed E-state index contributed by atoms with van der Waals surface area (Å²) in [6.45, 7) is 2.78. The number of halogens is 1. The summed E-state index contributed by atoms with van der Waals surface area (Å²) in [6.07, 6.45) is 1.63. The van der Waals surface area contributed by atoms with E-state index in [2.05, 4.69) is 9.88 Å². The van der Waals surface area contributed by atoms with Gasteiger partial charge in [-0.25, -0.2) is 4.79 Å². The summed E-state index contributed by atoms with van der Waals surface area (Å²) in [5.41, 5.74) is 1.50. The van der Waals surface area contributed by atoms with Crippen molar-refractivity contribution in [2.24, 2.45) is 0 Å². The quantitative estimate of drug-likeness (QED) is 0.678. The molecule has 1 saturated heterocycles. The minimum atomic E-state index is -0.644. The summed E-state index contributed by atoms with van der Waals surface area (Å²) in [5.74, 6) is 0.355. The van der Waals surface area contributed by atoms with E-state index in [9.17, 15) is 10.1 Å². The van der Waals surface area contributed by atoms with Crippen molar-refractivity contribution in [3.05, 3.63) is 75.7 Å². The predicted molar refractivity (Wildman–Crippen MR) is 109 cm³/mol. The molecule has 3 aromatic rings. The van der Waals surface area contributed by atoms with Crippen LogP contribution >= 0.6 is 11.6 Å². The number of pyridine rings is 1. The minimum absolute atomic E-state index is 0.0193. The second-order valence-corrected chi connectivity index (χ2v) is 6.82. The Kier molecular flexibility index (Phi) is 5.00. The highest BCUT2D eigenvalue weighted by molar-refractivity contribution is 6.33. The van der Waals surface area contributed by atoms with Gasteiger partial charge in [0.25, 0.3) is 0 Å². The number of hydrogen-bond acceptors (Lipinski definition) is 6. The van der Waals surface area contributed by atoms with Crippen LogP contribution in [0.15, 0.2) is 63.9 Å². The van der Waals surface area contributed by atoms with Crippen molar-refractivity contribution in [3.8, 4) is 17.5 Å². The van der Waals surface area contributed by atoms with E-state index in [1.165, 1.54) is 0 Å². The van der Waals surface area contributed by atoms with Crippen molar-refractivity contribution < 1.29 is 4.42 Å². The molecule has 3 heterocycles. The number of nitriles is 1. The zero-order valence-electron chi connectivity index (χ0n) is 15.0. The number of piperazine rings is 1. The Labute approximate surface area is 167 Å². The van der Waals surface area contributed by atoms with Gasteiger partial charge in [0.15, 0.2) is 11.3 Å². The largest absolute Gasteiger partial charge is 0.420 e. The number of anilines is 2. The molecule has 28 heavy (non-hydrogen) atoms. The van der Waals surface area contributed by atoms with Gasteiger partial charge < -0.3 is 14.2 Å². The van der Waals surface area contributed by atoms with Crippen LogP contribution in [0, 0.1) is 11.3 Å². The lowest BCUT2D eigenvalue weighted by molar-refractivity contribution is 0.520. The van der Waals surface area contributed by atoms with Crippen molar-refractivity contribution in [2.75, 3.05) is 36.0 Å². The summed E-state index contributed by atoms with van der Waals surface area (Å²) in [4.78, 5) is 20.8. The fourth-order valence-electron chi connectivity index (χ4n) is 3.36. The molecule has 0 amide bonds. The summed E-state index contributed by atoms with van der Waals surface area (Å²) in [7, 11) is 0. The van der Waals surface area contributed by atoms with E-state index in [0.29, 0.717) is 35.3 Å². The molecule has 2 aromatic heterocycles. The van der Waals surface area contributed by atoms with E-state index in [4.69, 9.17) is 16.0 Å². The van der Waals surface area contributed by atoms with Gasteiger partial charge >= 0.3 is 5.63 Å². The Morgan fingerprint density at radius 3 is 2.32 bits per heavy atom. The highest BCUT2D eigenvalue weighted by atomic mass is 35.5. The highest BCUT2D eigenvalue weighted by Crippen LogP contribution is 2.29. The molecule has 0 spiro atoms. The second-order valence-electron chi connectivity index (χ2n) is 6.41. The molecule has 0 saturated carbocycles. The van der Waals surface area contributed by atoms with E-state index in [1.807, 2.05) is 41.3 Å². The van der Waals surface area contributed by atoms with Crippen molar-refractivity contribution in [1.29, 1.82) is 5.26 Å². The topological polar surface area (TPSA) is 73.4 Å². The van der Waals surface area contributed by atoms with E-state index in [1.54, 1.807) is 24.4 Å². The standard InChI is InChI=1S/C21H17ClN4O2/c22-16-5-1-2-7-18(16)25-9-11-26(12-10-25)19-13-20(17-6-3-4-8-24-17)28-21(27)15(19)14-23/h1-8,13H,9-12H2. The molecule has 0 unspecified atom stereocenters. The molecule has 1 aliphatic rings. The van der Waals surface area contributed by atoms with Crippen LogP contribution in [0.2, 0.25) is 5.02 Å². The van der Waals surface area contributed by atoms with Gasteiger partial charge in [0.2, 0.25) is 0 Å². The summed E-state index contributed by atoms with van der Waals surface area (Å²) in [6, 6.07) is 16.8. The Morgan fingerprint density at radius 1 is 1.00 bits per heavy atom. The highest BCUT2D eigenvalue weighted by Gasteiger charge is 2.23. The Hall–Kier alpha value is -3.30. The molecule has 0 atom stereocenters. The molecule has 4 rings (SSSR count). The van der Waals surface area contributed by atoms with Crippen LogP contribution < -0.4 is 15.4 Å². The van der Waals surface area contributed by atoms with Crippen LogP contribution in [0.5, 0.6) is 0 Å². The number of para-hydroxylation sites is 1. The average molecular weight is 393 g/mol. The maximum absolute atomic E-state index is 12.4. The third-order valence-corrected chi connectivity index (χ3v) is 5.09. The van der Waals surface area contributed by atoms with Crippen molar-refractivity contribution >= 4 is 23.0 Å². The predicted octanol–water partition coefficient (Wildman–Crippen LogP) is 3.55. The number of rotatable bonds is 3. The van der Waals surface area contributed by atoms with Crippen LogP contribution in [0.4, 0.5) is 11.4 Å². The molecule has 0 aliphatic carbocycles. The summed E-state index contributed by atoms with van der Waals surface area (Å²) < 4.78 is 5.33. The molecule has 1 aromatic carbocycles. The SMILES string of the molecule is N#Cc1c(N2CCN(c3ccccc3Cl)CC2)cc(-c2ccccn2)oc1=O. The first-order chi connectivity index (χ1) is 13.7. The lowest BCUT2D eigenvalue weighted by Gasteiger charge is -2.37. The first-order valence-corrected chi connectivity index (χ1v) is 9.29. The smallest absolute Gasteiger partial charge is 0.356 e. The number of nitrogens with zero attached hydrogens (tertiary/aromatic N) is 4. The molecule has 7 heteroatoms. The molecule has 0 N–H and O–H groups in total. The second kappa shape index (κ2) is 7.75. The third kappa shape index (κ3) is 3.45. The van der Waals surface area contributed by atoms with E-state index >= 15 is 0 Å². The van der Waals surface area contributed by atoms with Crippen molar-refractivity contribution in [2.45, 2.75) is 0 Å². The third-order valence-electron chi connectivity index (χ3n) is 4.77. The lowest BCUT2D eigenvalue weighted by atomic mass is 10.1. The van der Waals surface area contributed by atoms with Crippen LogP contribution in [-0.4, -0.2) is 31.2 Å². The van der Waals surface area contributed by atoms with Gasteiger partial charge in [-0.15, -0.1) is 0 Å². The van der Waals surface area contributed by atoms with E-state index in [0.717, 1.165) is 18.8 Å². The molecule has 140 valence electrons. The zero-order chi connectivity index (χ0) is 19.5. The molecule has 1 fully saturated rings. The molecule has 1 aliphatic heterocycles. The number of aromatic nitrogens is 1. The Morgan fingerprint density at radius 2 is 1.68 bits per heavy atom. The minimum Gasteiger partial charge on any atom is -0.420 e. The number of hydrogen-bond donors (Lipinski definition) is 0. The molecular weight excluding hydrogens is 376 g/mol. The van der Waals surface area contributed by atoms with Gasteiger partial charge in [0, 0.05) is 38.4 Å². The fourth-order valence-corrected chi connectivity index (χ4v) is 3.62. The summed E-state index contributed by atoms with van der Waals surface area (Å²) >= 11 is 6.31. The van der Waals surface area contributed by atoms with Crippen LogP contribution in [0.25, 0.3) is 11.5 Å². The van der Waals surface area contributed by atoms with Gasteiger partial charge in [0.05, 0.1) is 16.4 Å². The Balaban J connectivity index is 1.63. The number of benzene rings is 1. The van der Waals surface area contributed by atoms with Crippen LogP contribution in [0.3, 0.4) is 0 Å². The summed E-state index contributed by atoms with van der Waals surface area (Å²) in [5, 5.41) is 10.2. The Bertz CT molecular complexity index is 1080. The van der Waals surface area contributed by atoms with Crippen molar-refractivity contribution in [1.82, 2.24) is 4.98 Å². The first-order valence-electron chi connectivity index (χ1n) is 8.91. The average Bonchev–Trinajstić information content (AvgIpc) is 2.74. The molecule has 6 nitrogen and oxygen atoms in total. The molecule has 0 radical (unpaired) electrons. The van der Waals surface area contributed by atoms with Gasteiger partial charge in [-0.2, -0.15) is 5.26 Å². The van der Waals surface area contributed by atoms with Gasteiger partial charge in [0.1, 0.15) is 11.8 Å². The molecule has 0 bridgehead atoms. The maximum Gasteiger partial charge on any atom is 0.356 e. The van der Waals surface area contributed by atoms with Crippen molar-refractivity contribution in [3.63, 3.8) is 0 Å². The van der Waals surface area contributed by atoms with Gasteiger partial charge in [-0.05, 0) is 24.3 Å². The maximum atomic E-state index is 12.4.